The minimum atomic E-state index is -0.193. The molecule has 26 heavy (non-hydrogen) atoms. The highest BCUT2D eigenvalue weighted by Crippen LogP contribution is 2.21. The molecule has 1 aliphatic rings. The molecule has 0 bridgehead atoms. The summed E-state index contributed by atoms with van der Waals surface area (Å²) >= 11 is 1.64. The number of amides is 3. The molecule has 0 unspecified atom stereocenters. The number of likely N-dealkylation sites (tertiary alicyclic amines) is 1. The SMILES string of the molecule is CC[C@H](NC(=O)NCc1cccc(C(=O)N2CCCC2)c1)c1cccs1. The first-order chi connectivity index (χ1) is 12.7. The first-order valence-electron chi connectivity index (χ1n) is 9.13. The van der Waals surface area contributed by atoms with E-state index in [2.05, 4.69) is 17.6 Å². The number of thiophene rings is 1. The van der Waals surface area contributed by atoms with Gasteiger partial charge in [-0.2, -0.15) is 0 Å². The van der Waals surface area contributed by atoms with E-state index in [0.717, 1.165) is 42.8 Å². The zero-order valence-corrected chi connectivity index (χ0v) is 15.8. The van der Waals surface area contributed by atoms with E-state index in [1.54, 1.807) is 11.3 Å². The number of urea groups is 1. The fourth-order valence-electron chi connectivity index (χ4n) is 3.17. The topological polar surface area (TPSA) is 61.4 Å². The van der Waals surface area contributed by atoms with Gasteiger partial charge in [0.05, 0.1) is 6.04 Å². The highest BCUT2D eigenvalue weighted by atomic mass is 32.1. The van der Waals surface area contributed by atoms with Crippen molar-refractivity contribution < 1.29 is 9.59 Å². The standard InChI is InChI=1S/C20H25N3O2S/c1-2-17(18-9-6-12-26-18)22-20(25)21-14-15-7-5-8-16(13-15)19(24)23-10-3-4-11-23/h5-9,12-13,17H,2-4,10-11,14H2,1H3,(H2,21,22,25)/t17-/m0/s1. The Morgan fingerprint density at radius 3 is 2.69 bits per heavy atom. The number of carbonyl (C=O) groups is 2. The van der Waals surface area contributed by atoms with Crippen molar-refractivity contribution in [2.45, 2.75) is 38.8 Å². The Morgan fingerprint density at radius 2 is 2.00 bits per heavy atom. The minimum Gasteiger partial charge on any atom is -0.339 e. The second-order valence-electron chi connectivity index (χ2n) is 6.50. The third kappa shape index (κ3) is 4.64. The van der Waals surface area contributed by atoms with Crippen LogP contribution in [-0.2, 0) is 6.54 Å². The quantitative estimate of drug-likeness (QED) is 0.808. The molecule has 1 aromatic heterocycles. The third-order valence-electron chi connectivity index (χ3n) is 4.62. The fourth-order valence-corrected chi connectivity index (χ4v) is 4.03. The average Bonchev–Trinajstić information content (AvgIpc) is 3.38. The second kappa shape index (κ2) is 8.85. The Labute approximate surface area is 158 Å². The van der Waals surface area contributed by atoms with Gasteiger partial charge < -0.3 is 15.5 Å². The van der Waals surface area contributed by atoms with Gasteiger partial charge in [-0.3, -0.25) is 4.79 Å². The van der Waals surface area contributed by atoms with Crippen molar-refractivity contribution in [2.75, 3.05) is 13.1 Å². The maximum Gasteiger partial charge on any atom is 0.315 e. The number of nitrogens with one attached hydrogen (secondary N) is 2. The van der Waals surface area contributed by atoms with E-state index in [1.807, 2.05) is 46.7 Å². The molecular formula is C20H25N3O2S. The molecule has 0 spiro atoms. The average molecular weight is 372 g/mol. The molecule has 3 amide bonds. The van der Waals surface area contributed by atoms with Crippen LogP contribution in [0.4, 0.5) is 4.79 Å². The van der Waals surface area contributed by atoms with Crippen LogP contribution in [-0.4, -0.2) is 29.9 Å². The molecule has 0 radical (unpaired) electrons. The van der Waals surface area contributed by atoms with E-state index < -0.39 is 0 Å². The Morgan fingerprint density at radius 1 is 1.19 bits per heavy atom. The predicted octanol–water partition coefficient (Wildman–Crippen LogP) is 3.93. The summed E-state index contributed by atoms with van der Waals surface area (Å²) in [7, 11) is 0. The van der Waals surface area contributed by atoms with E-state index in [4.69, 9.17) is 0 Å². The van der Waals surface area contributed by atoms with Crippen LogP contribution in [0.1, 0.15) is 53.0 Å². The Kier molecular flexibility index (Phi) is 6.28. The molecule has 3 rings (SSSR count). The molecule has 1 aliphatic heterocycles. The molecule has 1 aromatic carbocycles. The first kappa shape index (κ1) is 18.5. The van der Waals surface area contributed by atoms with E-state index in [9.17, 15) is 9.59 Å². The van der Waals surface area contributed by atoms with E-state index in [1.165, 1.54) is 0 Å². The number of hydrogen-bond donors (Lipinski definition) is 2. The molecule has 6 heteroatoms. The lowest BCUT2D eigenvalue weighted by atomic mass is 10.1. The predicted molar refractivity (Wildman–Crippen MR) is 104 cm³/mol. The molecule has 2 aromatic rings. The van der Waals surface area contributed by atoms with Crippen molar-refractivity contribution in [3.8, 4) is 0 Å². The Balaban J connectivity index is 1.55. The molecule has 2 heterocycles. The van der Waals surface area contributed by atoms with Gasteiger partial charge in [0.2, 0.25) is 0 Å². The maximum absolute atomic E-state index is 12.5. The summed E-state index contributed by atoms with van der Waals surface area (Å²) in [4.78, 5) is 27.7. The Bertz CT molecular complexity index is 739. The van der Waals surface area contributed by atoms with Gasteiger partial charge in [0.1, 0.15) is 0 Å². The van der Waals surface area contributed by atoms with Crippen LogP contribution in [0.25, 0.3) is 0 Å². The summed E-state index contributed by atoms with van der Waals surface area (Å²) in [5.41, 5.74) is 1.62. The van der Waals surface area contributed by atoms with Gasteiger partial charge in [-0.15, -0.1) is 11.3 Å². The van der Waals surface area contributed by atoms with Crippen molar-refractivity contribution >= 4 is 23.3 Å². The van der Waals surface area contributed by atoms with Crippen LogP contribution >= 0.6 is 11.3 Å². The van der Waals surface area contributed by atoms with Gasteiger partial charge in [-0.05, 0) is 48.4 Å². The van der Waals surface area contributed by atoms with Crippen molar-refractivity contribution in [3.05, 3.63) is 57.8 Å². The summed E-state index contributed by atoms with van der Waals surface area (Å²) in [6.45, 7) is 4.13. The number of benzene rings is 1. The van der Waals surface area contributed by atoms with Gasteiger partial charge in [0.15, 0.2) is 0 Å². The van der Waals surface area contributed by atoms with E-state index in [-0.39, 0.29) is 18.0 Å². The van der Waals surface area contributed by atoms with E-state index >= 15 is 0 Å². The van der Waals surface area contributed by atoms with Gasteiger partial charge in [0.25, 0.3) is 5.91 Å². The van der Waals surface area contributed by atoms with Crippen molar-refractivity contribution in [1.29, 1.82) is 0 Å². The fraction of sp³-hybridized carbons (Fsp3) is 0.400. The molecule has 0 aliphatic carbocycles. The second-order valence-corrected chi connectivity index (χ2v) is 7.48. The van der Waals surface area contributed by atoms with Gasteiger partial charge in [-0.1, -0.05) is 25.1 Å². The molecule has 1 saturated heterocycles. The summed E-state index contributed by atoms with van der Waals surface area (Å²) in [6.07, 6.45) is 3.00. The smallest absolute Gasteiger partial charge is 0.315 e. The van der Waals surface area contributed by atoms with E-state index in [0.29, 0.717) is 12.1 Å². The zero-order valence-electron chi connectivity index (χ0n) is 15.0. The summed E-state index contributed by atoms with van der Waals surface area (Å²) < 4.78 is 0. The van der Waals surface area contributed by atoms with Crippen LogP contribution in [0.2, 0.25) is 0 Å². The number of nitrogens with zero attached hydrogens (tertiary/aromatic N) is 1. The normalized spacial score (nSPS) is 14.9. The lowest BCUT2D eigenvalue weighted by Crippen LogP contribution is -2.37. The van der Waals surface area contributed by atoms with Crippen LogP contribution in [0, 0.1) is 0 Å². The molecule has 5 nitrogen and oxygen atoms in total. The maximum atomic E-state index is 12.5. The van der Waals surface area contributed by atoms with Crippen LogP contribution in [0.15, 0.2) is 41.8 Å². The van der Waals surface area contributed by atoms with Crippen molar-refractivity contribution in [2.24, 2.45) is 0 Å². The first-order valence-corrected chi connectivity index (χ1v) is 10.0. The number of carbonyl (C=O) groups excluding carboxylic acids is 2. The third-order valence-corrected chi connectivity index (χ3v) is 5.61. The molecule has 1 fully saturated rings. The Hall–Kier alpha value is -2.34. The molecule has 2 N–H and O–H groups in total. The minimum absolute atomic E-state index is 0.0260. The van der Waals surface area contributed by atoms with Crippen molar-refractivity contribution in [3.63, 3.8) is 0 Å². The number of rotatable bonds is 6. The van der Waals surface area contributed by atoms with Gasteiger partial charge in [0, 0.05) is 30.1 Å². The molecule has 138 valence electrons. The highest BCUT2D eigenvalue weighted by molar-refractivity contribution is 7.10. The summed E-state index contributed by atoms with van der Waals surface area (Å²) in [5, 5.41) is 7.91. The molecular weight excluding hydrogens is 346 g/mol. The van der Waals surface area contributed by atoms with Crippen LogP contribution in [0.5, 0.6) is 0 Å². The summed E-state index contributed by atoms with van der Waals surface area (Å²) in [6, 6.07) is 11.4. The monoisotopic (exact) mass is 371 g/mol. The largest absolute Gasteiger partial charge is 0.339 e. The van der Waals surface area contributed by atoms with Gasteiger partial charge in [-0.25, -0.2) is 4.79 Å². The van der Waals surface area contributed by atoms with Crippen molar-refractivity contribution in [1.82, 2.24) is 15.5 Å². The van der Waals surface area contributed by atoms with Gasteiger partial charge >= 0.3 is 6.03 Å². The lowest BCUT2D eigenvalue weighted by Gasteiger charge is -2.17. The van der Waals surface area contributed by atoms with Crippen LogP contribution < -0.4 is 10.6 Å². The molecule has 1 atom stereocenters. The summed E-state index contributed by atoms with van der Waals surface area (Å²) in [5.74, 6) is 0.0811. The number of hydrogen-bond acceptors (Lipinski definition) is 3. The lowest BCUT2D eigenvalue weighted by molar-refractivity contribution is 0.0792. The molecule has 0 saturated carbocycles. The zero-order chi connectivity index (χ0) is 18.4. The van der Waals surface area contributed by atoms with Crippen LogP contribution in [0.3, 0.4) is 0 Å². The highest BCUT2D eigenvalue weighted by Gasteiger charge is 2.19.